The lowest BCUT2D eigenvalue weighted by Gasteiger charge is -2.72. The lowest BCUT2D eigenvalue weighted by molar-refractivity contribution is -0.218. The summed E-state index contributed by atoms with van der Waals surface area (Å²) in [7, 11) is 1.93. The maximum Gasteiger partial charge on any atom is 0.335 e. The average molecular weight is 681 g/mol. The van der Waals surface area contributed by atoms with E-state index in [0.29, 0.717) is 41.7 Å². The van der Waals surface area contributed by atoms with Gasteiger partial charge in [-0.2, -0.15) is 0 Å². The van der Waals surface area contributed by atoms with Crippen molar-refractivity contribution in [2.45, 2.75) is 111 Å². The molecule has 2 N–H and O–H groups in total. The molecule has 0 spiro atoms. The Morgan fingerprint density at radius 3 is 2.38 bits per heavy atom. The number of urea groups is 1. The van der Waals surface area contributed by atoms with Crippen molar-refractivity contribution < 1.29 is 14.7 Å². The number of rotatable bonds is 7. The van der Waals surface area contributed by atoms with Crippen molar-refractivity contribution >= 4 is 17.6 Å². The molecule has 50 heavy (non-hydrogen) atoms. The van der Waals surface area contributed by atoms with Crippen LogP contribution in [0.4, 0.5) is 4.79 Å². The van der Waals surface area contributed by atoms with Crippen LogP contribution in [0.3, 0.4) is 0 Å². The van der Waals surface area contributed by atoms with Crippen LogP contribution in [0.25, 0.3) is 5.57 Å². The first kappa shape index (κ1) is 35.1. The summed E-state index contributed by atoms with van der Waals surface area (Å²) in [5, 5.41) is 13.2. The van der Waals surface area contributed by atoms with Crippen molar-refractivity contribution in [1.29, 1.82) is 0 Å². The number of carbonyl (C=O) groups is 2. The average Bonchev–Trinajstić information content (AvgIpc) is 3.72. The highest BCUT2D eigenvalue weighted by Gasteiger charge is 2.70. The standard InChI is InChI=1S/C43H60N4O3/c1-28(2)31-15-20-43(45-38(50)46(8)25-26-47-24-23-44-27-47)22-21-41(6)33(36(31)43)13-14-35-40(5)18-16-32(29-9-11-30(12-10-29)37(48)49)39(3,4)34(40)17-19-42(35,41)7/h9-12,16,23-24,27,31,33-36H,1,13-15,17-22,25-26H2,2-8H3,(H,45,50)(H,48,49)/t31-,33+,34-,35+,36+,40-,41+,42+,43-/m0/s1. The zero-order chi connectivity index (χ0) is 35.9. The molecule has 5 aliphatic rings. The van der Waals surface area contributed by atoms with Gasteiger partial charge in [0.2, 0.25) is 0 Å². The van der Waals surface area contributed by atoms with Crippen molar-refractivity contribution in [3.63, 3.8) is 0 Å². The molecule has 7 nitrogen and oxygen atoms in total. The number of imidazole rings is 1. The maximum atomic E-state index is 13.9. The molecule has 4 saturated carbocycles. The topological polar surface area (TPSA) is 87.5 Å². The minimum atomic E-state index is -0.875. The Hall–Kier alpha value is -3.35. The molecule has 1 aromatic heterocycles. The van der Waals surface area contributed by atoms with Crippen LogP contribution >= 0.6 is 0 Å². The van der Waals surface area contributed by atoms with Gasteiger partial charge in [-0.3, -0.25) is 0 Å². The number of hydrogen-bond acceptors (Lipinski definition) is 3. The maximum absolute atomic E-state index is 13.9. The van der Waals surface area contributed by atoms with Crippen molar-refractivity contribution in [2.75, 3.05) is 13.6 Å². The molecule has 2 amide bonds. The summed E-state index contributed by atoms with van der Waals surface area (Å²) in [6, 6.07) is 7.61. The highest BCUT2D eigenvalue weighted by molar-refractivity contribution is 5.88. The first-order chi connectivity index (χ1) is 23.6. The van der Waals surface area contributed by atoms with Crippen LogP contribution in [0, 0.1) is 51.2 Å². The lowest BCUT2D eigenvalue weighted by atomic mass is 9.33. The van der Waals surface area contributed by atoms with Gasteiger partial charge in [-0.15, -0.1) is 0 Å². The Balaban J connectivity index is 1.17. The number of likely N-dealkylation sites (N-methyl/N-ethyl adjacent to an activating group) is 1. The summed E-state index contributed by atoms with van der Waals surface area (Å²) in [5.41, 5.74) is 4.58. The molecule has 270 valence electrons. The third-order valence-electron chi connectivity index (χ3n) is 16.0. The largest absolute Gasteiger partial charge is 0.478 e. The monoisotopic (exact) mass is 680 g/mol. The molecule has 0 aliphatic heterocycles. The Morgan fingerprint density at radius 1 is 0.980 bits per heavy atom. The molecular formula is C43H60N4O3. The van der Waals surface area contributed by atoms with Crippen molar-refractivity contribution in [2.24, 2.45) is 51.2 Å². The quantitative estimate of drug-likeness (QED) is 0.286. The third-order valence-corrected chi connectivity index (χ3v) is 16.0. The molecule has 0 radical (unpaired) electrons. The van der Waals surface area contributed by atoms with Gasteiger partial charge in [-0.1, -0.05) is 65.0 Å². The van der Waals surface area contributed by atoms with Gasteiger partial charge in [0.05, 0.1) is 11.9 Å². The SMILES string of the molecule is C=C(C)[C@@H]1CC[C@]2(NC(=O)N(C)CCn3ccnc3)CC[C@]3(C)[C@H](CC[C@@H]4[C@@]5(C)CC=C(c6ccc(C(=O)O)cc6)C(C)(C)[C@@H]5CC[C@]43C)[C@@H]12. The van der Waals surface area contributed by atoms with Gasteiger partial charge in [0.1, 0.15) is 0 Å². The molecule has 0 bridgehead atoms. The summed E-state index contributed by atoms with van der Waals surface area (Å²) >= 11 is 0. The van der Waals surface area contributed by atoms with Crippen molar-refractivity contribution in [1.82, 2.24) is 19.8 Å². The molecule has 0 unspecified atom stereocenters. The predicted octanol–water partition coefficient (Wildman–Crippen LogP) is 9.33. The lowest BCUT2D eigenvalue weighted by Crippen LogP contribution is -2.68. The number of carboxylic acids is 1. The first-order valence-corrected chi connectivity index (χ1v) is 19.3. The second-order valence-corrected chi connectivity index (χ2v) is 18.4. The van der Waals surface area contributed by atoms with E-state index in [9.17, 15) is 14.7 Å². The fraction of sp³-hybridized carbons (Fsp3) is 0.651. The third kappa shape index (κ3) is 5.14. The fourth-order valence-electron chi connectivity index (χ4n) is 13.4. The van der Waals surface area contributed by atoms with Crippen LogP contribution in [0.2, 0.25) is 0 Å². The summed E-state index contributed by atoms with van der Waals surface area (Å²) in [6.07, 6.45) is 18.4. The number of benzene rings is 1. The van der Waals surface area contributed by atoms with Crippen LogP contribution in [-0.2, 0) is 6.54 Å². The van der Waals surface area contributed by atoms with Gasteiger partial charge >= 0.3 is 12.0 Å². The fourth-order valence-corrected chi connectivity index (χ4v) is 13.4. The van der Waals surface area contributed by atoms with Crippen LogP contribution in [0.1, 0.15) is 115 Å². The van der Waals surface area contributed by atoms with Gasteiger partial charge in [0, 0.05) is 38.1 Å². The minimum absolute atomic E-state index is 0.0107. The van der Waals surface area contributed by atoms with E-state index in [2.05, 4.69) is 64.5 Å². The highest BCUT2D eigenvalue weighted by atomic mass is 16.4. The second kappa shape index (κ2) is 12.1. The second-order valence-electron chi connectivity index (χ2n) is 18.4. The molecule has 1 heterocycles. The van der Waals surface area contributed by atoms with E-state index >= 15 is 0 Å². The van der Waals surface area contributed by atoms with E-state index in [1.807, 2.05) is 41.2 Å². The van der Waals surface area contributed by atoms with Gasteiger partial charge in [0.15, 0.2) is 0 Å². The Morgan fingerprint density at radius 2 is 1.72 bits per heavy atom. The number of carbonyl (C=O) groups excluding carboxylic acids is 1. The number of aromatic nitrogens is 2. The summed E-state index contributed by atoms with van der Waals surface area (Å²) in [4.78, 5) is 31.5. The zero-order valence-electron chi connectivity index (χ0n) is 31.6. The molecular weight excluding hydrogens is 620 g/mol. The molecule has 9 atom stereocenters. The van der Waals surface area contributed by atoms with Crippen LogP contribution in [0.5, 0.6) is 0 Å². The predicted molar refractivity (Wildman–Crippen MR) is 199 cm³/mol. The van der Waals surface area contributed by atoms with E-state index in [-0.39, 0.29) is 33.2 Å². The molecule has 7 rings (SSSR count). The molecule has 4 fully saturated rings. The number of nitrogens with zero attached hydrogens (tertiary/aromatic N) is 3. The summed E-state index contributed by atoms with van der Waals surface area (Å²) in [5.74, 6) is 1.71. The number of amides is 2. The zero-order valence-corrected chi connectivity index (χ0v) is 31.6. The van der Waals surface area contributed by atoms with Gasteiger partial charge in [-0.05, 0) is 139 Å². The van der Waals surface area contributed by atoms with E-state index < -0.39 is 5.97 Å². The summed E-state index contributed by atoms with van der Waals surface area (Å²) < 4.78 is 2.03. The Kier molecular flexibility index (Phi) is 8.50. The molecule has 0 saturated heterocycles. The van der Waals surface area contributed by atoms with E-state index in [1.54, 1.807) is 18.3 Å². The van der Waals surface area contributed by atoms with E-state index in [0.717, 1.165) is 44.2 Å². The minimum Gasteiger partial charge on any atom is -0.478 e. The van der Waals surface area contributed by atoms with Crippen LogP contribution in [-0.4, -0.2) is 50.7 Å². The number of fused-ring (bicyclic) bond motifs is 7. The van der Waals surface area contributed by atoms with E-state index in [4.69, 9.17) is 0 Å². The van der Waals surface area contributed by atoms with Crippen molar-refractivity contribution in [3.05, 3.63) is 72.3 Å². The smallest absolute Gasteiger partial charge is 0.335 e. The molecule has 5 aliphatic carbocycles. The molecule has 1 aromatic carbocycles. The highest BCUT2D eigenvalue weighted by Crippen LogP contribution is 2.76. The van der Waals surface area contributed by atoms with Crippen LogP contribution in [0.15, 0.2) is 61.2 Å². The first-order valence-electron chi connectivity index (χ1n) is 19.3. The summed E-state index contributed by atoms with van der Waals surface area (Å²) in [6.45, 7) is 21.0. The Labute approximate surface area is 300 Å². The number of aromatic carboxylic acids is 1. The van der Waals surface area contributed by atoms with Gasteiger partial charge in [0.25, 0.3) is 0 Å². The normalized spacial score (nSPS) is 38.5. The van der Waals surface area contributed by atoms with Crippen molar-refractivity contribution in [3.8, 4) is 0 Å². The molecule has 2 aromatic rings. The van der Waals surface area contributed by atoms with Gasteiger partial charge < -0.3 is 19.9 Å². The number of allylic oxidation sites excluding steroid dienone is 3. The number of carboxylic acid groups (broad SMARTS) is 1. The number of hydrogen-bond donors (Lipinski definition) is 2. The number of nitrogens with one attached hydrogen (secondary N) is 1. The van der Waals surface area contributed by atoms with E-state index in [1.165, 1.54) is 36.8 Å². The molecule has 7 heteroatoms. The van der Waals surface area contributed by atoms with Gasteiger partial charge in [-0.25, -0.2) is 14.6 Å². The Bertz CT molecular complexity index is 1680. The van der Waals surface area contributed by atoms with Crippen LogP contribution < -0.4 is 5.32 Å².